The third-order valence-corrected chi connectivity index (χ3v) is 2.92. The van der Waals surface area contributed by atoms with Crippen LogP contribution >= 0.6 is 0 Å². The summed E-state index contributed by atoms with van der Waals surface area (Å²) in [5.74, 6) is 0.0271. The average molecular weight is 304 g/mol. The van der Waals surface area contributed by atoms with E-state index in [2.05, 4.69) is 10.6 Å². The number of carbonyl (C=O) groups is 2. The monoisotopic (exact) mass is 304 g/mol. The molecule has 5 nitrogen and oxygen atoms in total. The molecule has 0 spiro atoms. The van der Waals surface area contributed by atoms with Gasteiger partial charge in [0, 0.05) is 0 Å². The fourth-order valence-corrected chi connectivity index (χ4v) is 1.88. The van der Waals surface area contributed by atoms with Crippen molar-refractivity contribution in [2.75, 3.05) is 0 Å². The van der Waals surface area contributed by atoms with Crippen LogP contribution in [0.5, 0.6) is 0 Å². The maximum absolute atomic E-state index is 12.0. The Kier molecular flexibility index (Phi) is 7.75. The molecule has 22 heavy (non-hydrogen) atoms. The van der Waals surface area contributed by atoms with E-state index in [0.717, 1.165) is 5.56 Å². The summed E-state index contributed by atoms with van der Waals surface area (Å²) in [6, 6.07) is 8.79. The van der Waals surface area contributed by atoms with Crippen molar-refractivity contribution < 1.29 is 14.3 Å². The standard InChI is InChI=1S/C17H24N2O3/c1-4-10-18-16(20)15(11-13(2)3)19-17(21)22-12-14-8-6-5-7-9-14/h4-10,13,15H,11-12H2,1-3H3,(H,18,20)(H,19,21). The molecule has 2 amide bonds. The van der Waals surface area contributed by atoms with Gasteiger partial charge in [-0.3, -0.25) is 4.79 Å². The van der Waals surface area contributed by atoms with E-state index in [9.17, 15) is 9.59 Å². The SMILES string of the molecule is CC=CNC(=O)C(CC(C)C)NC(=O)OCc1ccccc1. The third-order valence-electron chi connectivity index (χ3n) is 2.92. The molecule has 0 aliphatic rings. The van der Waals surface area contributed by atoms with Crippen LogP contribution in [0, 0.1) is 5.92 Å². The summed E-state index contributed by atoms with van der Waals surface area (Å²) in [6.45, 7) is 5.97. The molecule has 120 valence electrons. The van der Waals surface area contributed by atoms with E-state index in [1.165, 1.54) is 0 Å². The lowest BCUT2D eigenvalue weighted by molar-refractivity contribution is -0.122. The second-order valence-corrected chi connectivity index (χ2v) is 5.40. The first-order valence-corrected chi connectivity index (χ1v) is 7.41. The van der Waals surface area contributed by atoms with Gasteiger partial charge >= 0.3 is 6.09 Å². The Morgan fingerprint density at radius 3 is 2.50 bits per heavy atom. The molecule has 2 N–H and O–H groups in total. The minimum absolute atomic E-state index is 0.178. The molecule has 1 aromatic carbocycles. The van der Waals surface area contributed by atoms with Crippen LogP contribution in [0.3, 0.4) is 0 Å². The number of benzene rings is 1. The predicted molar refractivity (Wildman–Crippen MR) is 86.0 cm³/mol. The first-order valence-electron chi connectivity index (χ1n) is 7.41. The summed E-state index contributed by atoms with van der Waals surface area (Å²) in [6.07, 6.45) is 3.22. The van der Waals surface area contributed by atoms with Gasteiger partial charge in [-0.15, -0.1) is 0 Å². The molecular weight excluding hydrogens is 280 g/mol. The zero-order valence-electron chi connectivity index (χ0n) is 13.3. The molecule has 0 radical (unpaired) electrons. The summed E-state index contributed by atoms with van der Waals surface area (Å²) >= 11 is 0. The number of nitrogens with one attached hydrogen (secondary N) is 2. The van der Waals surface area contributed by atoms with Gasteiger partial charge < -0.3 is 15.4 Å². The van der Waals surface area contributed by atoms with E-state index in [0.29, 0.717) is 6.42 Å². The molecule has 1 aromatic rings. The molecule has 5 heteroatoms. The molecule has 0 heterocycles. The maximum Gasteiger partial charge on any atom is 0.408 e. The van der Waals surface area contributed by atoms with Gasteiger partial charge in [0.2, 0.25) is 5.91 Å². The van der Waals surface area contributed by atoms with Crippen LogP contribution in [-0.4, -0.2) is 18.0 Å². The number of hydrogen-bond donors (Lipinski definition) is 2. The molecule has 0 saturated heterocycles. The van der Waals surface area contributed by atoms with Crippen molar-refractivity contribution in [1.82, 2.24) is 10.6 Å². The molecule has 0 aliphatic carbocycles. The number of amides is 2. The molecule has 1 unspecified atom stereocenters. The Morgan fingerprint density at radius 2 is 1.91 bits per heavy atom. The molecule has 0 bridgehead atoms. The quantitative estimate of drug-likeness (QED) is 0.814. The van der Waals surface area contributed by atoms with Gasteiger partial charge in [-0.1, -0.05) is 50.3 Å². The van der Waals surface area contributed by atoms with Gasteiger partial charge in [-0.05, 0) is 31.0 Å². The normalized spacial score (nSPS) is 12.2. The minimum Gasteiger partial charge on any atom is -0.445 e. The summed E-state index contributed by atoms with van der Waals surface area (Å²) in [5.41, 5.74) is 0.899. The average Bonchev–Trinajstić information content (AvgIpc) is 2.50. The van der Waals surface area contributed by atoms with E-state index in [1.54, 1.807) is 19.2 Å². The first-order chi connectivity index (χ1) is 10.5. The number of alkyl carbamates (subject to hydrolysis) is 1. The lowest BCUT2D eigenvalue weighted by Crippen LogP contribution is -2.46. The van der Waals surface area contributed by atoms with Crippen LogP contribution in [0.4, 0.5) is 4.79 Å². The Morgan fingerprint density at radius 1 is 1.23 bits per heavy atom. The Bertz CT molecular complexity index is 498. The highest BCUT2D eigenvalue weighted by Crippen LogP contribution is 2.06. The Balaban J connectivity index is 2.52. The molecule has 1 atom stereocenters. The number of hydrogen-bond acceptors (Lipinski definition) is 3. The fourth-order valence-electron chi connectivity index (χ4n) is 1.88. The first kappa shape index (κ1) is 17.8. The van der Waals surface area contributed by atoms with E-state index < -0.39 is 12.1 Å². The van der Waals surface area contributed by atoms with Gasteiger partial charge in [-0.2, -0.15) is 0 Å². The van der Waals surface area contributed by atoms with E-state index in [-0.39, 0.29) is 18.4 Å². The molecule has 0 aliphatic heterocycles. The fraction of sp³-hybridized carbons (Fsp3) is 0.412. The van der Waals surface area contributed by atoms with Crippen molar-refractivity contribution in [2.45, 2.75) is 39.8 Å². The van der Waals surface area contributed by atoms with Crippen molar-refractivity contribution in [1.29, 1.82) is 0 Å². The lowest BCUT2D eigenvalue weighted by atomic mass is 10.0. The lowest BCUT2D eigenvalue weighted by Gasteiger charge is -2.19. The van der Waals surface area contributed by atoms with Gasteiger partial charge in [-0.25, -0.2) is 4.79 Å². The van der Waals surface area contributed by atoms with Crippen molar-refractivity contribution in [2.24, 2.45) is 5.92 Å². The maximum atomic E-state index is 12.0. The molecule has 0 fully saturated rings. The van der Waals surface area contributed by atoms with Crippen molar-refractivity contribution >= 4 is 12.0 Å². The number of rotatable bonds is 7. The molecular formula is C17H24N2O3. The highest BCUT2D eigenvalue weighted by molar-refractivity contribution is 5.86. The van der Waals surface area contributed by atoms with Crippen LogP contribution < -0.4 is 10.6 Å². The molecule has 1 rings (SSSR count). The van der Waals surface area contributed by atoms with Crippen molar-refractivity contribution in [3.63, 3.8) is 0 Å². The number of ether oxygens (including phenoxy) is 1. The number of carbonyl (C=O) groups excluding carboxylic acids is 2. The number of allylic oxidation sites excluding steroid dienone is 1. The Hall–Kier alpha value is -2.30. The van der Waals surface area contributed by atoms with Crippen molar-refractivity contribution in [3.05, 3.63) is 48.2 Å². The highest BCUT2D eigenvalue weighted by Gasteiger charge is 2.21. The van der Waals surface area contributed by atoms with E-state index in [1.807, 2.05) is 44.2 Å². The largest absolute Gasteiger partial charge is 0.445 e. The smallest absolute Gasteiger partial charge is 0.408 e. The summed E-state index contributed by atoms with van der Waals surface area (Å²) < 4.78 is 5.15. The molecule has 0 aromatic heterocycles. The van der Waals surface area contributed by atoms with E-state index in [4.69, 9.17) is 4.74 Å². The third kappa shape index (κ3) is 6.92. The van der Waals surface area contributed by atoms with Crippen molar-refractivity contribution in [3.8, 4) is 0 Å². The topological polar surface area (TPSA) is 67.4 Å². The molecule has 0 saturated carbocycles. The van der Waals surface area contributed by atoms with Gasteiger partial charge in [0.05, 0.1) is 0 Å². The van der Waals surface area contributed by atoms with Crippen LogP contribution in [0.15, 0.2) is 42.6 Å². The van der Waals surface area contributed by atoms with Crippen LogP contribution in [0.25, 0.3) is 0 Å². The Labute approximate surface area is 131 Å². The van der Waals surface area contributed by atoms with Gasteiger partial charge in [0.25, 0.3) is 0 Å². The van der Waals surface area contributed by atoms with Gasteiger partial charge in [0.15, 0.2) is 0 Å². The second-order valence-electron chi connectivity index (χ2n) is 5.40. The van der Waals surface area contributed by atoms with Crippen LogP contribution in [0.1, 0.15) is 32.8 Å². The predicted octanol–water partition coefficient (Wildman–Crippen LogP) is 2.98. The summed E-state index contributed by atoms with van der Waals surface area (Å²) in [5, 5.41) is 5.25. The second kappa shape index (κ2) is 9.60. The zero-order chi connectivity index (χ0) is 16.4. The van der Waals surface area contributed by atoms with Gasteiger partial charge in [0.1, 0.15) is 12.6 Å². The summed E-state index contributed by atoms with van der Waals surface area (Å²) in [7, 11) is 0. The summed E-state index contributed by atoms with van der Waals surface area (Å²) in [4.78, 5) is 23.9. The van der Waals surface area contributed by atoms with E-state index >= 15 is 0 Å². The van der Waals surface area contributed by atoms with Crippen LogP contribution in [-0.2, 0) is 16.1 Å². The zero-order valence-corrected chi connectivity index (χ0v) is 13.3. The van der Waals surface area contributed by atoms with Crippen LogP contribution in [0.2, 0.25) is 0 Å². The highest BCUT2D eigenvalue weighted by atomic mass is 16.5. The minimum atomic E-state index is -0.612.